The van der Waals surface area contributed by atoms with E-state index in [9.17, 15) is 18.0 Å². The van der Waals surface area contributed by atoms with E-state index in [0.29, 0.717) is 17.3 Å². The van der Waals surface area contributed by atoms with Gasteiger partial charge in [-0.3, -0.25) is 9.48 Å². The first-order valence-electron chi connectivity index (χ1n) is 9.16. The Bertz CT molecular complexity index is 1220. The summed E-state index contributed by atoms with van der Waals surface area (Å²) in [4.78, 5) is 12.4. The average molecular weight is 427 g/mol. The lowest BCUT2D eigenvalue weighted by Gasteiger charge is -2.07. The van der Waals surface area contributed by atoms with Crippen molar-refractivity contribution in [1.82, 2.24) is 19.6 Å². The van der Waals surface area contributed by atoms with Crippen molar-refractivity contribution in [3.8, 4) is 5.75 Å². The van der Waals surface area contributed by atoms with Crippen molar-refractivity contribution in [3.05, 3.63) is 95.8 Å². The summed E-state index contributed by atoms with van der Waals surface area (Å²) < 4.78 is 48.3. The molecule has 0 saturated carbocycles. The first-order valence-corrected chi connectivity index (χ1v) is 9.16. The first-order chi connectivity index (χ1) is 15.0. The van der Waals surface area contributed by atoms with Crippen molar-refractivity contribution in [3.63, 3.8) is 0 Å². The van der Waals surface area contributed by atoms with Crippen LogP contribution in [0.1, 0.15) is 16.1 Å². The molecule has 0 atom stereocenters. The van der Waals surface area contributed by atoms with Gasteiger partial charge in [0.25, 0.3) is 5.91 Å². The number of carbonyl (C=O) groups is 1. The molecule has 0 unspecified atom stereocenters. The SMILES string of the molecule is O=C(Nc1cnn(Cc2ccccc2F)c1)c1ccn(COc2ccc(F)cc2F)n1. The molecule has 0 fully saturated rings. The van der Waals surface area contributed by atoms with E-state index in [0.717, 1.165) is 6.07 Å². The summed E-state index contributed by atoms with van der Waals surface area (Å²) in [5.74, 6) is -2.50. The number of aromatic nitrogens is 4. The van der Waals surface area contributed by atoms with Gasteiger partial charge in [0.05, 0.1) is 18.4 Å². The maximum absolute atomic E-state index is 13.8. The van der Waals surface area contributed by atoms with Crippen LogP contribution in [0.5, 0.6) is 5.75 Å². The largest absolute Gasteiger partial charge is 0.468 e. The van der Waals surface area contributed by atoms with Gasteiger partial charge >= 0.3 is 0 Å². The quantitative estimate of drug-likeness (QED) is 0.487. The zero-order valence-electron chi connectivity index (χ0n) is 16.0. The molecule has 0 aliphatic heterocycles. The Kier molecular flexibility index (Phi) is 5.69. The smallest absolute Gasteiger partial charge is 0.276 e. The lowest BCUT2D eigenvalue weighted by atomic mass is 10.2. The third-order valence-electron chi connectivity index (χ3n) is 4.30. The zero-order valence-corrected chi connectivity index (χ0v) is 16.0. The van der Waals surface area contributed by atoms with Gasteiger partial charge in [0.1, 0.15) is 11.6 Å². The molecular weight excluding hydrogens is 411 g/mol. The Labute approximate surface area is 174 Å². The summed E-state index contributed by atoms with van der Waals surface area (Å²) in [6, 6.07) is 10.8. The van der Waals surface area contributed by atoms with E-state index >= 15 is 0 Å². The molecular formula is C21H16F3N5O2. The van der Waals surface area contributed by atoms with Crippen molar-refractivity contribution in [2.24, 2.45) is 0 Å². The van der Waals surface area contributed by atoms with Crippen molar-refractivity contribution in [2.45, 2.75) is 13.3 Å². The summed E-state index contributed by atoms with van der Waals surface area (Å²) >= 11 is 0. The number of hydrogen-bond acceptors (Lipinski definition) is 4. The van der Waals surface area contributed by atoms with E-state index in [1.165, 1.54) is 40.0 Å². The van der Waals surface area contributed by atoms with E-state index < -0.39 is 17.5 Å². The second-order valence-electron chi connectivity index (χ2n) is 6.56. The van der Waals surface area contributed by atoms with Gasteiger partial charge in [-0.1, -0.05) is 18.2 Å². The van der Waals surface area contributed by atoms with Crippen LogP contribution < -0.4 is 10.1 Å². The predicted octanol–water partition coefficient (Wildman–Crippen LogP) is 3.83. The molecule has 2 aromatic heterocycles. The number of anilines is 1. The van der Waals surface area contributed by atoms with Gasteiger partial charge in [-0.05, 0) is 24.3 Å². The van der Waals surface area contributed by atoms with Crippen molar-refractivity contribution >= 4 is 11.6 Å². The number of benzene rings is 2. The number of rotatable bonds is 7. The topological polar surface area (TPSA) is 74.0 Å². The molecule has 1 N–H and O–H groups in total. The number of carbonyl (C=O) groups excluding carboxylic acids is 1. The highest BCUT2D eigenvalue weighted by molar-refractivity contribution is 6.02. The molecule has 1 amide bonds. The van der Waals surface area contributed by atoms with Gasteiger partial charge in [-0.25, -0.2) is 17.9 Å². The van der Waals surface area contributed by atoms with E-state index in [1.807, 2.05) is 0 Å². The van der Waals surface area contributed by atoms with Gasteiger partial charge in [0.2, 0.25) is 0 Å². The maximum Gasteiger partial charge on any atom is 0.276 e. The molecule has 0 radical (unpaired) electrons. The van der Waals surface area contributed by atoms with Crippen LogP contribution >= 0.6 is 0 Å². The molecule has 7 nitrogen and oxygen atoms in total. The minimum Gasteiger partial charge on any atom is -0.468 e. The van der Waals surface area contributed by atoms with E-state index in [-0.39, 0.29) is 30.5 Å². The second-order valence-corrected chi connectivity index (χ2v) is 6.56. The number of ether oxygens (including phenoxy) is 1. The molecule has 0 saturated heterocycles. The first kappa shape index (κ1) is 20.2. The fourth-order valence-corrected chi connectivity index (χ4v) is 2.79. The van der Waals surface area contributed by atoms with Crippen LogP contribution in [-0.2, 0) is 13.3 Å². The minimum atomic E-state index is -0.836. The predicted molar refractivity (Wildman–Crippen MR) is 105 cm³/mol. The lowest BCUT2D eigenvalue weighted by molar-refractivity contribution is 0.102. The Morgan fingerprint density at radius 1 is 1.03 bits per heavy atom. The highest BCUT2D eigenvalue weighted by Crippen LogP contribution is 2.18. The molecule has 2 aromatic carbocycles. The fraction of sp³-hybridized carbons (Fsp3) is 0.0952. The monoisotopic (exact) mass is 427 g/mol. The van der Waals surface area contributed by atoms with Gasteiger partial charge in [-0.15, -0.1) is 0 Å². The third-order valence-corrected chi connectivity index (χ3v) is 4.30. The van der Waals surface area contributed by atoms with Gasteiger partial charge in [0.15, 0.2) is 24.0 Å². The van der Waals surface area contributed by atoms with E-state index in [1.54, 1.807) is 24.4 Å². The summed E-state index contributed by atoms with van der Waals surface area (Å²) in [5, 5.41) is 10.8. The van der Waals surface area contributed by atoms with Gasteiger partial charge in [-0.2, -0.15) is 10.2 Å². The molecule has 4 aromatic rings. The van der Waals surface area contributed by atoms with Crippen LogP contribution in [-0.4, -0.2) is 25.5 Å². The molecule has 0 bridgehead atoms. The Morgan fingerprint density at radius 3 is 2.68 bits per heavy atom. The summed E-state index contributed by atoms with van der Waals surface area (Å²) in [7, 11) is 0. The minimum absolute atomic E-state index is 0.102. The normalized spacial score (nSPS) is 10.8. The summed E-state index contributed by atoms with van der Waals surface area (Å²) in [6.45, 7) is 0.0465. The fourth-order valence-electron chi connectivity index (χ4n) is 2.79. The summed E-state index contributed by atoms with van der Waals surface area (Å²) in [6.07, 6.45) is 4.50. The average Bonchev–Trinajstić information content (AvgIpc) is 3.39. The number of hydrogen-bond donors (Lipinski definition) is 1. The van der Waals surface area contributed by atoms with Crippen molar-refractivity contribution in [2.75, 3.05) is 5.32 Å². The molecule has 0 aliphatic carbocycles. The van der Waals surface area contributed by atoms with Crippen LogP contribution in [0.2, 0.25) is 0 Å². The van der Waals surface area contributed by atoms with Crippen molar-refractivity contribution in [1.29, 1.82) is 0 Å². The lowest BCUT2D eigenvalue weighted by Crippen LogP contribution is -2.14. The molecule has 10 heteroatoms. The van der Waals surface area contributed by atoms with Crippen LogP contribution in [0.15, 0.2) is 67.1 Å². The van der Waals surface area contributed by atoms with E-state index in [2.05, 4.69) is 15.5 Å². The summed E-state index contributed by atoms with van der Waals surface area (Å²) in [5.41, 5.74) is 0.991. The zero-order chi connectivity index (χ0) is 21.8. The molecule has 158 valence electrons. The molecule has 0 aliphatic rings. The van der Waals surface area contributed by atoms with Crippen LogP contribution in [0, 0.1) is 17.5 Å². The van der Waals surface area contributed by atoms with Crippen LogP contribution in [0.4, 0.5) is 18.9 Å². The van der Waals surface area contributed by atoms with Gasteiger partial charge < -0.3 is 10.1 Å². The Morgan fingerprint density at radius 2 is 1.87 bits per heavy atom. The molecule has 0 spiro atoms. The standard InChI is InChI=1S/C21H16F3N5O2/c22-15-5-6-20(18(24)9-15)31-13-28-8-7-19(27-28)21(30)26-16-10-25-29(12-16)11-14-3-1-2-4-17(14)23/h1-10,12H,11,13H2,(H,26,30). The third kappa shape index (κ3) is 4.92. The number of nitrogens with zero attached hydrogens (tertiary/aromatic N) is 4. The molecule has 4 rings (SSSR count). The second kappa shape index (κ2) is 8.74. The highest BCUT2D eigenvalue weighted by Gasteiger charge is 2.12. The molecule has 31 heavy (non-hydrogen) atoms. The van der Waals surface area contributed by atoms with Crippen LogP contribution in [0.3, 0.4) is 0 Å². The Hall–Kier alpha value is -4.08. The molecule has 2 heterocycles. The Balaban J connectivity index is 1.35. The number of halogens is 3. The van der Waals surface area contributed by atoms with E-state index in [4.69, 9.17) is 4.74 Å². The van der Waals surface area contributed by atoms with Crippen LogP contribution in [0.25, 0.3) is 0 Å². The van der Waals surface area contributed by atoms with Crippen molar-refractivity contribution < 1.29 is 22.7 Å². The number of amides is 1. The maximum atomic E-state index is 13.8. The van der Waals surface area contributed by atoms with Gasteiger partial charge in [0, 0.05) is 24.0 Å². The highest BCUT2D eigenvalue weighted by atomic mass is 19.1. The number of nitrogens with one attached hydrogen (secondary N) is 1.